The molecule has 1 N–H and O–H groups in total. The van der Waals surface area contributed by atoms with Crippen molar-refractivity contribution in [1.82, 2.24) is 4.90 Å². The van der Waals surface area contributed by atoms with Crippen molar-refractivity contribution in [1.29, 1.82) is 0 Å². The second-order valence-corrected chi connectivity index (χ2v) is 9.77. The van der Waals surface area contributed by atoms with E-state index < -0.39 is 0 Å². The van der Waals surface area contributed by atoms with E-state index >= 15 is 0 Å². The van der Waals surface area contributed by atoms with Crippen LogP contribution in [0.1, 0.15) is 69.8 Å². The number of rotatable bonds is 4. The molecule has 3 aliphatic rings. The van der Waals surface area contributed by atoms with E-state index in [2.05, 4.69) is 0 Å². The number of hydrogen-bond donors (Lipinski definition) is 1. The molecule has 5 nitrogen and oxygen atoms in total. The highest BCUT2D eigenvalue weighted by Gasteiger charge is 2.39. The topological polar surface area (TPSA) is 62.1 Å². The number of halogens is 1. The van der Waals surface area contributed by atoms with Crippen LogP contribution < -0.4 is 4.74 Å². The molecule has 1 aromatic carbocycles. The molecule has 0 spiro atoms. The van der Waals surface area contributed by atoms with Crippen molar-refractivity contribution in [2.24, 2.45) is 4.99 Å². The van der Waals surface area contributed by atoms with Crippen molar-refractivity contribution < 1.29 is 14.6 Å². The summed E-state index contributed by atoms with van der Waals surface area (Å²) in [4.78, 5) is 21.0. The second kappa shape index (κ2) is 9.65. The molecule has 1 aromatic rings. The maximum absolute atomic E-state index is 13.4. The van der Waals surface area contributed by atoms with Crippen molar-refractivity contribution >= 4 is 40.5 Å². The largest absolute Gasteiger partial charge is 0.504 e. The Hall–Kier alpha value is -1.66. The summed E-state index contributed by atoms with van der Waals surface area (Å²) in [6.45, 7) is 0. The van der Waals surface area contributed by atoms with E-state index in [9.17, 15) is 9.90 Å². The summed E-state index contributed by atoms with van der Waals surface area (Å²) >= 11 is 7.61. The molecule has 4 rings (SSSR count). The van der Waals surface area contributed by atoms with E-state index in [1.807, 2.05) is 4.90 Å². The van der Waals surface area contributed by atoms with E-state index in [1.54, 1.807) is 18.2 Å². The summed E-state index contributed by atoms with van der Waals surface area (Å²) in [5, 5.41) is 11.8. The van der Waals surface area contributed by atoms with Crippen LogP contribution in [-0.2, 0) is 4.79 Å². The SMILES string of the molecule is COc1cc(Cl)cc(C=C2SC(=NC3CCCCC3)N(C3CCCCC3)C2=O)c1O. The van der Waals surface area contributed by atoms with Gasteiger partial charge in [-0.15, -0.1) is 0 Å². The molecule has 2 aliphatic carbocycles. The fourth-order valence-corrected chi connectivity index (χ4v) is 5.92. The zero-order chi connectivity index (χ0) is 21.1. The van der Waals surface area contributed by atoms with Gasteiger partial charge in [0.2, 0.25) is 0 Å². The van der Waals surface area contributed by atoms with Gasteiger partial charge in [0.15, 0.2) is 16.7 Å². The van der Waals surface area contributed by atoms with Gasteiger partial charge in [-0.3, -0.25) is 14.7 Å². The molecule has 3 fully saturated rings. The van der Waals surface area contributed by atoms with Crippen LogP contribution >= 0.6 is 23.4 Å². The Morgan fingerprint density at radius 1 is 1.13 bits per heavy atom. The number of methoxy groups -OCH3 is 1. The van der Waals surface area contributed by atoms with Gasteiger partial charge in [0.05, 0.1) is 18.1 Å². The smallest absolute Gasteiger partial charge is 0.267 e. The number of amides is 1. The Kier molecular flexibility index (Phi) is 6.94. The molecule has 162 valence electrons. The van der Waals surface area contributed by atoms with Crippen molar-refractivity contribution in [2.45, 2.75) is 76.3 Å². The first-order valence-corrected chi connectivity index (χ1v) is 12.1. The number of nitrogens with zero attached hydrogens (tertiary/aromatic N) is 2. The van der Waals surface area contributed by atoms with Crippen LogP contribution in [0, 0.1) is 0 Å². The number of ether oxygens (including phenoxy) is 1. The van der Waals surface area contributed by atoms with Gasteiger partial charge < -0.3 is 9.84 Å². The highest BCUT2D eigenvalue weighted by Crippen LogP contribution is 2.41. The molecule has 30 heavy (non-hydrogen) atoms. The first kappa shape index (κ1) is 21.6. The lowest BCUT2D eigenvalue weighted by molar-refractivity contribution is -0.124. The molecule has 0 atom stereocenters. The van der Waals surface area contributed by atoms with Crippen molar-refractivity contribution in [3.63, 3.8) is 0 Å². The summed E-state index contributed by atoms with van der Waals surface area (Å²) < 4.78 is 5.21. The Morgan fingerprint density at radius 3 is 2.47 bits per heavy atom. The molecular formula is C23H29ClN2O3S. The average Bonchev–Trinajstić information content (AvgIpc) is 3.06. The molecular weight excluding hydrogens is 420 g/mol. The van der Waals surface area contributed by atoms with Crippen LogP contribution in [0.25, 0.3) is 6.08 Å². The van der Waals surface area contributed by atoms with Gasteiger partial charge >= 0.3 is 0 Å². The minimum absolute atomic E-state index is 0.00955. The van der Waals surface area contributed by atoms with Gasteiger partial charge in [-0.05, 0) is 49.6 Å². The Morgan fingerprint density at radius 2 is 1.80 bits per heavy atom. The fourth-order valence-electron chi connectivity index (χ4n) is 4.61. The van der Waals surface area contributed by atoms with E-state index in [0.717, 1.165) is 43.7 Å². The number of aromatic hydroxyl groups is 1. The predicted octanol–water partition coefficient (Wildman–Crippen LogP) is 5.99. The second-order valence-electron chi connectivity index (χ2n) is 8.33. The molecule has 1 saturated heterocycles. The third-order valence-electron chi connectivity index (χ3n) is 6.22. The summed E-state index contributed by atoms with van der Waals surface area (Å²) in [7, 11) is 1.48. The number of carbonyl (C=O) groups is 1. The maximum atomic E-state index is 13.4. The standard InChI is InChI=1S/C23H29ClN2O3S/c1-29-19-14-16(24)12-15(21(19)27)13-20-22(28)26(18-10-6-3-7-11-18)23(30-20)25-17-8-4-2-5-9-17/h12-14,17-18,27H,2-11H2,1H3. The van der Waals surface area contributed by atoms with Gasteiger partial charge in [-0.1, -0.05) is 50.1 Å². The number of phenols is 1. The number of carbonyl (C=O) groups excluding carboxylic acids is 1. The first-order chi connectivity index (χ1) is 14.6. The maximum Gasteiger partial charge on any atom is 0.267 e. The molecule has 1 amide bonds. The Balaban J connectivity index is 1.68. The van der Waals surface area contributed by atoms with Crippen molar-refractivity contribution in [2.75, 3.05) is 7.11 Å². The van der Waals surface area contributed by atoms with Gasteiger partial charge in [-0.25, -0.2) is 0 Å². The Bertz CT molecular complexity index is 858. The van der Waals surface area contributed by atoms with Crippen molar-refractivity contribution in [3.05, 3.63) is 27.6 Å². The van der Waals surface area contributed by atoms with E-state index in [0.29, 0.717) is 27.3 Å². The highest BCUT2D eigenvalue weighted by atomic mass is 35.5. The van der Waals surface area contributed by atoms with E-state index in [4.69, 9.17) is 21.3 Å². The molecule has 1 aliphatic heterocycles. The number of thioether (sulfide) groups is 1. The lowest BCUT2D eigenvalue weighted by Crippen LogP contribution is -2.41. The molecule has 0 radical (unpaired) electrons. The van der Waals surface area contributed by atoms with Gasteiger partial charge in [0.1, 0.15) is 0 Å². The zero-order valence-electron chi connectivity index (χ0n) is 17.4. The monoisotopic (exact) mass is 448 g/mol. The third kappa shape index (κ3) is 4.65. The van der Waals surface area contributed by atoms with Crippen LogP contribution in [0.4, 0.5) is 0 Å². The van der Waals surface area contributed by atoms with Crippen LogP contribution in [0.2, 0.25) is 5.02 Å². The Labute approximate surface area is 187 Å². The normalized spacial score (nSPS) is 24.2. The van der Waals surface area contributed by atoms with E-state index in [-0.39, 0.29) is 17.7 Å². The van der Waals surface area contributed by atoms with Gasteiger partial charge in [0, 0.05) is 22.7 Å². The minimum Gasteiger partial charge on any atom is -0.504 e. The summed E-state index contributed by atoms with van der Waals surface area (Å²) in [5.41, 5.74) is 0.484. The molecule has 1 heterocycles. The zero-order valence-corrected chi connectivity index (χ0v) is 19.0. The minimum atomic E-state index is -0.0141. The number of amidine groups is 1. The fraction of sp³-hybridized carbons (Fsp3) is 0.565. The number of phenolic OH excluding ortho intramolecular Hbond substituents is 1. The highest BCUT2D eigenvalue weighted by molar-refractivity contribution is 8.18. The molecule has 0 bridgehead atoms. The quantitative estimate of drug-likeness (QED) is 0.574. The van der Waals surface area contributed by atoms with Crippen molar-refractivity contribution in [3.8, 4) is 11.5 Å². The average molecular weight is 449 g/mol. The predicted molar refractivity (Wildman–Crippen MR) is 123 cm³/mol. The molecule has 2 saturated carbocycles. The summed E-state index contributed by atoms with van der Waals surface area (Å²) in [6.07, 6.45) is 13.2. The van der Waals surface area contributed by atoms with Crippen LogP contribution in [0.3, 0.4) is 0 Å². The van der Waals surface area contributed by atoms with Gasteiger partial charge in [0.25, 0.3) is 5.91 Å². The molecule has 0 unspecified atom stereocenters. The van der Waals surface area contributed by atoms with Gasteiger partial charge in [-0.2, -0.15) is 0 Å². The van der Waals surface area contributed by atoms with E-state index in [1.165, 1.54) is 44.6 Å². The third-order valence-corrected chi connectivity index (χ3v) is 7.44. The number of benzene rings is 1. The van der Waals surface area contributed by atoms with Crippen LogP contribution in [0.5, 0.6) is 11.5 Å². The number of hydrogen-bond acceptors (Lipinski definition) is 5. The van der Waals surface area contributed by atoms with Crippen LogP contribution in [0.15, 0.2) is 22.0 Å². The molecule has 0 aromatic heterocycles. The summed E-state index contributed by atoms with van der Waals surface area (Å²) in [6, 6.07) is 3.74. The first-order valence-electron chi connectivity index (χ1n) is 10.9. The van der Waals surface area contributed by atoms with Crippen LogP contribution in [-0.4, -0.2) is 40.3 Å². The number of aliphatic imine (C=N–C) groups is 1. The lowest BCUT2D eigenvalue weighted by Gasteiger charge is -2.31. The summed E-state index contributed by atoms with van der Waals surface area (Å²) in [5.74, 6) is 0.273. The lowest BCUT2D eigenvalue weighted by atomic mass is 9.94. The molecule has 7 heteroatoms.